The number of anilines is 1. The fourth-order valence-electron chi connectivity index (χ4n) is 3.89. The summed E-state index contributed by atoms with van der Waals surface area (Å²) in [5.74, 6) is -8.86. The lowest BCUT2D eigenvalue weighted by atomic mass is 9.87. The molecular weight excluding hydrogens is 487 g/mol. The summed E-state index contributed by atoms with van der Waals surface area (Å²) in [6.07, 6.45) is 1.95. The van der Waals surface area contributed by atoms with Crippen molar-refractivity contribution in [2.24, 2.45) is 0 Å². The third-order valence-corrected chi connectivity index (χ3v) is 5.99. The minimum absolute atomic E-state index is 0.00737. The average molecular weight is 508 g/mol. The Labute approximate surface area is 201 Å². The molecule has 2 aromatic heterocycles. The number of piperidine rings is 1. The molecule has 190 valence electrons. The maximum atomic E-state index is 14.6. The van der Waals surface area contributed by atoms with E-state index >= 15 is 0 Å². The maximum Gasteiger partial charge on any atom is 0.257 e. The van der Waals surface area contributed by atoms with Gasteiger partial charge in [-0.05, 0) is 24.6 Å². The summed E-state index contributed by atoms with van der Waals surface area (Å²) in [5.41, 5.74) is -0.131. The number of nitrogens with zero attached hydrogens (tertiary/aromatic N) is 2. The largest absolute Gasteiger partial charge is 0.453 e. The number of benzene rings is 1. The number of ether oxygens (including phenoxy) is 1. The zero-order chi connectivity index (χ0) is 26.0. The molecule has 2 atom stereocenters. The van der Waals surface area contributed by atoms with Crippen LogP contribution in [0, 0.1) is 17.5 Å². The summed E-state index contributed by atoms with van der Waals surface area (Å²) in [6, 6.07) is 5.36. The molecule has 0 aliphatic carbocycles. The lowest BCUT2D eigenvalue weighted by Gasteiger charge is -2.40. The number of hydrogen-bond donors (Lipinski definition) is 2. The summed E-state index contributed by atoms with van der Waals surface area (Å²) in [6.45, 7) is 1.46. The number of aromatic amines is 1. The van der Waals surface area contributed by atoms with Crippen LogP contribution >= 0.6 is 0 Å². The van der Waals surface area contributed by atoms with Crippen molar-refractivity contribution in [1.29, 1.82) is 0 Å². The second-order valence-corrected chi connectivity index (χ2v) is 8.39. The van der Waals surface area contributed by atoms with Crippen molar-refractivity contribution in [3.05, 3.63) is 82.2 Å². The highest BCUT2D eigenvalue weighted by atomic mass is 19.3. The van der Waals surface area contributed by atoms with Crippen LogP contribution in [-0.2, 0) is 4.79 Å². The van der Waals surface area contributed by atoms with Crippen molar-refractivity contribution in [2.45, 2.75) is 31.2 Å². The molecule has 1 aliphatic heterocycles. The molecule has 1 fully saturated rings. The van der Waals surface area contributed by atoms with E-state index in [2.05, 4.69) is 15.3 Å². The van der Waals surface area contributed by atoms with E-state index in [9.17, 15) is 31.5 Å². The molecule has 1 saturated heterocycles. The van der Waals surface area contributed by atoms with Gasteiger partial charge in [-0.25, -0.2) is 26.9 Å². The molecular formula is C24H21F5N4O3. The van der Waals surface area contributed by atoms with Gasteiger partial charge in [0.25, 0.3) is 5.92 Å². The number of likely N-dealkylation sites (tertiary alicyclic amines) is 1. The van der Waals surface area contributed by atoms with E-state index in [1.165, 1.54) is 30.5 Å². The monoisotopic (exact) mass is 508 g/mol. The van der Waals surface area contributed by atoms with Gasteiger partial charge in [0.1, 0.15) is 11.6 Å². The van der Waals surface area contributed by atoms with Crippen LogP contribution in [0.5, 0.6) is 11.5 Å². The molecule has 2 N–H and O–H groups in total. The van der Waals surface area contributed by atoms with Gasteiger partial charge in [0.15, 0.2) is 23.2 Å². The van der Waals surface area contributed by atoms with Gasteiger partial charge < -0.3 is 15.0 Å². The molecule has 3 heterocycles. The van der Waals surface area contributed by atoms with E-state index in [0.717, 1.165) is 6.20 Å². The van der Waals surface area contributed by atoms with Crippen molar-refractivity contribution in [3.63, 3.8) is 0 Å². The van der Waals surface area contributed by atoms with Crippen molar-refractivity contribution in [2.75, 3.05) is 18.4 Å². The maximum absolute atomic E-state index is 14.6. The molecule has 4 rings (SSSR count). The third-order valence-electron chi connectivity index (χ3n) is 5.99. The van der Waals surface area contributed by atoms with Crippen LogP contribution in [0.4, 0.5) is 27.8 Å². The Morgan fingerprint density at radius 3 is 2.58 bits per heavy atom. The average Bonchev–Trinajstić information content (AvgIpc) is 2.84. The van der Waals surface area contributed by atoms with Crippen LogP contribution in [0.15, 0.2) is 53.6 Å². The smallest absolute Gasteiger partial charge is 0.257 e. The molecule has 12 heteroatoms. The molecule has 0 radical (unpaired) electrons. The predicted molar refractivity (Wildman–Crippen MR) is 120 cm³/mol. The lowest BCUT2D eigenvalue weighted by Crippen LogP contribution is -2.52. The first-order valence-corrected chi connectivity index (χ1v) is 10.9. The highest BCUT2D eigenvalue weighted by molar-refractivity contribution is 5.93. The van der Waals surface area contributed by atoms with Crippen LogP contribution in [0.1, 0.15) is 24.8 Å². The number of hydrogen-bond acceptors (Lipinski definition) is 5. The van der Waals surface area contributed by atoms with Gasteiger partial charge in [0, 0.05) is 43.9 Å². The van der Waals surface area contributed by atoms with E-state index in [1.54, 1.807) is 11.8 Å². The SMILES string of the molecule is CC(C(=O)Nc1ccc(Oc2cc(F)c(F)cc2F)cn1)N1CCC(F)(F)C(c2ccc(=O)[nH]c2)C1. The lowest BCUT2D eigenvalue weighted by molar-refractivity contribution is -0.125. The van der Waals surface area contributed by atoms with Crippen LogP contribution < -0.4 is 15.6 Å². The Balaban J connectivity index is 1.40. The summed E-state index contributed by atoms with van der Waals surface area (Å²) in [7, 11) is 0. The number of carbonyl (C=O) groups is 1. The molecule has 0 spiro atoms. The number of amides is 1. The van der Waals surface area contributed by atoms with Crippen molar-refractivity contribution in [3.8, 4) is 11.5 Å². The minimum Gasteiger partial charge on any atom is -0.453 e. The summed E-state index contributed by atoms with van der Waals surface area (Å²) >= 11 is 0. The van der Waals surface area contributed by atoms with Gasteiger partial charge in [0.2, 0.25) is 11.5 Å². The van der Waals surface area contributed by atoms with Gasteiger partial charge in [-0.3, -0.25) is 14.5 Å². The number of nitrogens with one attached hydrogen (secondary N) is 2. The second kappa shape index (κ2) is 10.1. The summed E-state index contributed by atoms with van der Waals surface area (Å²) < 4.78 is 74.5. The molecule has 1 amide bonds. The first-order valence-electron chi connectivity index (χ1n) is 10.9. The number of carbonyl (C=O) groups excluding carboxylic acids is 1. The zero-order valence-corrected chi connectivity index (χ0v) is 18.9. The molecule has 2 unspecified atom stereocenters. The van der Waals surface area contributed by atoms with E-state index in [1.807, 2.05) is 0 Å². The molecule has 36 heavy (non-hydrogen) atoms. The van der Waals surface area contributed by atoms with Crippen molar-refractivity contribution >= 4 is 11.7 Å². The number of alkyl halides is 2. The first-order chi connectivity index (χ1) is 17.0. The number of aromatic nitrogens is 2. The number of rotatable bonds is 6. The third kappa shape index (κ3) is 5.54. The molecule has 3 aromatic rings. The van der Waals surface area contributed by atoms with Crippen molar-refractivity contribution in [1.82, 2.24) is 14.9 Å². The van der Waals surface area contributed by atoms with Crippen LogP contribution in [0.3, 0.4) is 0 Å². The normalized spacial score (nSPS) is 18.4. The Hall–Kier alpha value is -3.80. The van der Waals surface area contributed by atoms with Gasteiger partial charge in [-0.1, -0.05) is 6.07 Å². The van der Waals surface area contributed by atoms with E-state index in [-0.39, 0.29) is 30.2 Å². The number of H-pyrrole nitrogens is 1. The van der Waals surface area contributed by atoms with Gasteiger partial charge in [0.05, 0.1) is 18.2 Å². The molecule has 1 aromatic carbocycles. The predicted octanol–water partition coefficient (Wildman–Crippen LogP) is 4.43. The molecule has 1 aliphatic rings. The standard InChI is InChI=1S/C24H21F5N4O3/c1-13(33-7-6-24(28,29)16(12-33)14-2-5-22(34)31-10-14)23(35)32-21-4-3-15(11-30-21)36-20-9-18(26)17(25)8-19(20)27/h2-5,8-11,13,16H,6-7,12H2,1H3,(H,31,34)(H,30,32,35). The van der Waals surface area contributed by atoms with Crippen molar-refractivity contribution < 1.29 is 31.5 Å². The second-order valence-electron chi connectivity index (χ2n) is 8.39. The Morgan fingerprint density at radius 2 is 1.92 bits per heavy atom. The molecule has 0 saturated carbocycles. The number of pyridine rings is 2. The quantitative estimate of drug-likeness (QED) is 0.380. The fraction of sp³-hybridized carbons (Fsp3) is 0.292. The van der Waals surface area contributed by atoms with Gasteiger partial charge >= 0.3 is 0 Å². The summed E-state index contributed by atoms with van der Waals surface area (Å²) in [5, 5.41) is 2.57. The van der Waals surface area contributed by atoms with Crippen LogP contribution in [0.2, 0.25) is 0 Å². The zero-order valence-electron chi connectivity index (χ0n) is 18.9. The van der Waals surface area contributed by atoms with Gasteiger partial charge in [-0.15, -0.1) is 0 Å². The van der Waals surface area contributed by atoms with Crippen LogP contribution in [-0.4, -0.2) is 45.8 Å². The molecule has 0 bridgehead atoms. The number of halogens is 5. The Bertz CT molecular complexity index is 1300. The Kier molecular flexibility index (Phi) is 7.07. The molecule has 7 nitrogen and oxygen atoms in total. The van der Waals surface area contributed by atoms with Gasteiger partial charge in [-0.2, -0.15) is 0 Å². The van der Waals surface area contributed by atoms with E-state index in [0.29, 0.717) is 12.1 Å². The fourth-order valence-corrected chi connectivity index (χ4v) is 3.89. The minimum atomic E-state index is -3.00. The topological polar surface area (TPSA) is 87.3 Å². The highest BCUT2D eigenvalue weighted by Gasteiger charge is 2.46. The van der Waals surface area contributed by atoms with E-state index < -0.39 is 59.0 Å². The van der Waals surface area contributed by atoms with E-state index in [4.69, 9.17) is 4.74 Å². The highest BCUT2D eigenvalue weighted by Crippen LogP contribution is 2.40. The summed E-state index contributed by atoms with van der Waals surface area (Å²) in [4.78, 5) is 32.1. The first kappa shape index (κ1) is 25.3. The van der Waals surface area contributed by atoms with Crippen LogP contribution in [0.25, 0.3) is 0 Å². The Morgan fingerprint density at radius 1 is 1.17 bits per heavy atom.